The van der Waals surface area contributed by atoms with E-state index in [0.717, 1.165) is 49.4 Å². The highest BCUT2D eigenvalue weighted by molar-refractivity contribution is 6.34. The summed E-state index contributed by atoms with van der Waals surface area (Å²) in [5.41, 5.74) is 1.71. The molecule has 0 aromatic heterocycles. The third-order valence-electron chi connectivity index (χ3n) is 7.30. The first-order valence-electron chi connectivity index (χ1n) is 11.5. The van der Waals surface area contributed by atoms with Crippen LogP contribution in [0.15, 0.2) is 18.2 Å². The van der Waals surface area contributed by atoms with Crippen molar-refractivity contribution >= 4 is 17.5 Å². The molecule has 1 aromatic rings. The van der Waals surface area contributed by atoms with Crippen molar-refractivity contribution in [1.29, 1.82) is 0 Å². The second kappa shape index (κ2) is 9.99. The van der Waals surface area contributed by atoms with Crippen molar-refractivity contribution in [2.75, 3.05) is 32.8 Å². The highest BCUT2D eigenvalue weighted by atomic mass is 35.5. The van der Waals surface area contributed by atoms with Crippen molar-refractivity contribution in [2.24, 2.45) is 23.2 Å². The summed E-state index contributed by atoms with van der Waals surface area (Å²) in [6, 6.07) is 5.60. The quantitative estimate of drug-likeness (QED) is 0.463. The number of rotatable bonds is 11. The second-order valence-electron chi connectivity index (χ2n) is 9.76. The minimum Gasteiger partial charge on any atom is -0.396 e. The molecule has 4 aliphatic rings. The van der Waals surface area contributed by atoms with Gasteiger partial charge in [0.2, 0.25) is 0 Å². The molecule has 1 aromatic carbocycles. The molecule has 0 unspecified atom stereocenters. The summed E-state index contributed by atoms with van der Waals surface area (Å²) in [5.74, 6) is 2.59. The zero-order valence-electron chi connectivity index (χ0n) is 17.8. The molecule has 0 heterocycles. The van der Waals surface area contributed by atoms with Crippen LogP contribution in [0.2, 0.25) is 5.02 Å². The highest BCUT2D eigenvalue weighted by Crippen LogP contribution is 2.59. The van der Waals surface area contributed by atoms with E-state index in [1.807, 2.05) is 12.1 Å². The monoisotopic (exact) mass is 434 g/mol. The number of amides is 1. The molecule has 0 radical (unpaired) electrons. The first-order valence-corrected chi connectivity index (χ1v) is 11.9. The molecular weight excluding hydrogens is 400 g/mol. The minimum atomic E-state index is -0.0664. The number of carbonyl (C=O) groups excluding carboxylic acids is 1. The van der Waals surface area contributed by atoms with Crippen molar-refractivity contribution in [3.8, 4) is 0 Å². The average molecular weight is 435 g/mol. The molecule has 4 bridgehead atoms. The van der Waals surface area contributed by atoms with Crippen LogP contribution >= 0.6 is 11.6 Å². The van der Waals surface area contributed by atoms with Crippen LogP contribution in [0.5, 0.6) is 0 Å². The normalized spacial score (nSPS) is 29.3. The van der Waals surface area contributed by atoms with Crippen LogP contribution in [-0.4, -0.2) is 43.9 Å². The van der Waals surface area contributed by atoms with Crippen LogP contribution in [-0.2, 0) is 11.3 Å². The van der Waals surface area contributed by atoms with Gasteiger partial charge in [0.1, 0.15) is 0 Å². The number of hydrogen-bond acceptors (Lipinski definition) is 4. The van der Waals surface area contributed by atoms with Crippen molar-refractivity contribution in [2.45, 2.75) is 51.6 Å². The Balaban J connectivity index is 1.27. The maximum absolute atomic E-state index is 12.9. The van der Waals surface area contributed by atoms with Gasteiger partial charge in [-0.2, -0.15) is 0 Å². The standard InChI is InChI=1S/C24H35ClN2O3/c25-22-20(15-30-8-6-26-5-2-7-28)3-1-4-21(22)23(29)27-16-24-12-17-9-18(13-24)11-19(10-17)14-24/h1,3-4,17-19,26,28H,2,5-16H2,(H,27,29). The largest absolute Gasteiger partial charge is 0.396 e. The van der Waals surface area contributed by atoms with Gasteiger partial charge < -0.3 is 20.5 Å². The summed E-state index contributed by atoms with van der Waals surface area (Å²) in [6.07, 6.45) is 8.84. The maximum Gasteiger partial charge on any atom is 0.252 e. The number of aliphatic hydroxyl groups is 1. The predicted molar refractivity (Wildman–Crippen MR) is 119 cm³/mol. The lowest BCUT2D eigenvalue weighted by Gasteiger charge is -2.56. The number of benzene rings is 1. The van der Waals surface area contributed by atoms with Crippen LogP contribution < -0.4 is 10.6 Å². The summed E-state index contributed by atoms with van der Waals surface area (Å²) >= 11 is 6.56. The van der Waals surface area contributed by atoms with Crippen molar-refractivity contribution in [1.82, 2.24) is 10.6 Å². The molecule has 3 N–H and O–H groups in total. The molecule has 166 valence electrons. The Kier molecular flexibility index (Phi) is 7.35. The minimum absolute atomic E-state index is 0.0664. The van der Waals surface area contributed by atoms with Gasteiger partial charge in [0.15, 0.2) is 0 Å². The van der Waals surface area contributed by atoms with Gasteiger partial charge in [-0.1, -0.05) is 23.7 Å². The number of hydrogen-bond donors (Lipinski definition) is 3. The van der Waals surface area contributed by atoms with E-state index in [-0.39, 0.29) is 12.5 Å². The molecule has 0 atom stereocenters. The van der Waals surface area contributed by atoms with E-state index in [2.05, 4.69) is 10.6 Å². The van der Waals surface area contributed by atoms with Gasteiger partial charge in [-0.15, -0.1) is 0 Å². The van der Waals surface area contributed by atoms with Crippen molar-refractivity contribution in [3.05, 3.63) is 34.3 Å². The summed E-state index contributed by atoms with van der Waals surface area (Å²) < 4.78 is 5.70. The fourth-order valence-corrected chi connectivity index (χ4v) is 6.66. The van der Waals surface area contributed by atoms with Crippen LogP contribution in [0.25, 0.3) is 0 Å². The Morgan fingerprint density at radius 2 is 1.83 bits per heavy atom. The summed E-state index contributed by atoms with van der Waals surface area (Å²) in [5, 5.41) is 15.7. The molecule has 30 heavy (non-hydrogen) atoms. The Hall–Kier alpha value is -1.14. The molecule has 5 rings (SSSR count). The Morgan fingerprint density at radius 3 is 2.50 bits per heavy atom. The van der Waals surface area contributed by atoms with Gasteiger partial charge in [-0.05, 0) is 86.3 Å². The van der Waals surface area contributed by atoms with Crippen LogP contribution in [0.3, 0.4) is 0 Å². The first-order chi connectivity index (χ1) is 14.6. The lowest BCUT2D eigenvalue weighted by atomic mass is 9.49. The van der Waals surface area contributed by atoms with E-state index in [1.54, 1.807) is 6.07 Å². The molecule has 1 amide bonds. The lowest BCUT2D eigenvalue weighted by Crippen LogP contribution is -2.51. The SMILES string of the molecule is O=C(NCC12CC3CC(CC(C3)C1)C2)c1cccc(COCCNCCCO)c1Cl. The van der Waals surface area contributed by atoms with Crippen LogP contribution in [0.4, 0.5) is 0 Å². The van der Waals surface area contributed by atoms with Crippen LogP contribution in [0.1, 0.15) is 60.9 Å². The zero-order valence-corrected chi connectivity index (χ0v) is 18.6. The maximum atomic E-state index is 12.9. The molecule has 0 saturated heterocycles. The van der Waals surface area contributed by atoms with E-state index in [1.165, 1.54) is 38.5 Å². The number of nitrogens with one attached hydrogen (secondary N) is 2. The number of aliphatic hydroxyl groups excluding tert-OH is 1. The highest BCUT2D eigenvalue weighted by Gasteiger charge is 2.50. The van der Waals surface area contributed by atoms with E-state index < -0.39 is 0 Å². The Morgan fingerprint density at radius 1 is 1.13 bits per heavy atom. The summed E-state index contributed by atoms with van der Waals surface area (Å²) in [6.45, 7) is 3.43. The molecule has 4 aliphatic carbocycles. The third kappa shape index (κ3) is 5.18. The van der Waals surface area contributed by atoms with Gasteiger partial charge in [-0.3, -0.25) is 4.79 Å². The fourth-order valence-electron chi connectivity index (χ4n) is 6.39. The molecule has 4 fully saturated rings. The van der Waals surface area contributed by atoms with Gasteiger partial charge in [0.25, 0.3) is 5.91 Å². The summed E-state index contributed by atoms with van der Waals surface area (Å²) in [4.78, 5) is 12.9. The van der Waals surface area contributed by atoms with Gasteiger partial charge >= 0.3 is 0 Å². The van der Waals surface area contributed by atoms with E-state index >= 15 is 0 Å². The van der Waals surface area contributed by atoms with Crippen LogP contribution in [0, 0.1) is 23.2 Å². The topological polar surface area (TPSA) is 70.6 Å². The zero-order chi connectivity index (χ0) is 21.0. The Bertz CT molecular complexity index is 704. The fraction of sp³-hybridized carbons (Fsp3) is 0.708. The Labute approximate surface area is 184 Å². The van der Waals surface area contributed by atoms with Crippen molar-refractivity contribution in [3.63, 3.8) is 0 Å². The second-order valence-corrected chi connectivity index (χ2v) is 10.1. The summed E-state index contributed by atoms with van der Waals surface area (Å²) in [7, 11) is 0. The lowest BCUT2D eigenvalue weighted by molar-refractivity contribution is -0.0503. The van der Waals surface area contributed by atoms with E-state index in [0.29, 0.717) is 29.2 Å². The smallest absolute Gasteiger partial charge is 0.252 e. The number of ether oxygens (including phenoxy) is 1. The third-order valence-corrected chi connectivity index (χ3v) is 7.75. The van der Waals surface area contributed by atoms with Crippen molar-refractivity contribution < 1.29 is 14.6 Å². The molecule has 0 aliphatic heterocycles. The predicted octanol–water partition coefficient (Wildman–Crippen LogP) is 3.77. The first kappa shape index (κ1) is 22.1. The average Bonchev–Trinajstić information content (AvgIpc) is 2.71. The van der Waals surface area contributed by atoms with Gasteiger partial charge in [0.05, 0.1) is 23.8 Å². The molecular formula is C24H35ClN2O3. The molecule has 6 heteroatoms. The molecule has 0 spiro atoms. The number of halogens is 1. The molecule has 5 nitrogen and oxygen atoms in total. The molecule has 4 saturated carbocycles. The van der Waals surface area contributed by atoms with E-state index in [9.17, 15) is 4.79 Å². The van der Waals surface area contributed by atoms with Gasteiger partial charge in [0, 0.05) is 19.7 Å². The number of carbonyl (C=O) groups is 1. The van der Waals surface area contributed by atoms with E-state index in [4.69, 9.17) is 21.4 Å². The van der Waals surface area contributed by atoms with Gasteiger partial charge in [-0.25, -0.2) is 0 Å².